The lowest BCUT2D eigenvalue weighted by atomic mass is 10.1. The van der Waals surface area contributed by atoms with E-state index in [1.807, 2.05) is 6.92 Å². The molecule has 0 amide bonds. The van der Waals surface area contributed by atoms with Gasteiger partial charge in [0.2, 0.25) is 0 Å². The number of hydrogen-bond acceptors (Lipinski definition) is 1. The van der Waals surface area contributed by atoms with Crippen LogP contribution in [0.4, 0.5) is 4.39 Å². The summed E-state index contributed by atoms with van der Waals surface area (Å²) in [5.41, 5.74) is 1.06. The first-order chi connectivity index (χ1) is 7.72. The number of aryl methyl sites for hydroxylation is 1. The summed E-state index contributed by atoms with van der Waals surface area (Å²) in [7, 11) is 0. The predicted molar refractivity (Wildman–Crippen MR) is 61.8 cm³/mol. The minimum absolute atomic E-state index is 0.0874. The largest absolute Gasteiger partial charge is 0.315 e. The first kappa shape index (κ1) is 10.6. The highest BCUT2D eigenvalue weighted by Gasteiger charge is 2.05. The maximum atomic E-state index is 13.1. The van der Waals surface area contributed by atoms with Crippen molar-refractivity contribution < 1.29 is 4.39 Å². The summed E-state index contributed by atoms with van der Waals surface area (Å²) in [5.74, 6) is -0.330. The second kappa shape index (κ2) is 4.31. The molecule has 3 heteroatoms. The molecule has 0 N–H and O–H groups in total. The smallest absolute Gasteiger partial charge is 0.258 e. The van der Waals surface area contributed by atoms with Crippen molar-refractivity contribution in [3.63, 3.8) is 0 Å². The molecule has 1 aromatic carbocycles. The molecule has 2 nitrogen and oxygen atoms in total. The van der Waals surface area contributed by atoms with Crippen molar-refractivity contribution in [3.05, 3.63) is 58.8 Å². The van der Waals surface area contributed by atoms with E-state index in [-0.39, 0.29) is 11.4 Å². The lowest BCUT2D eigenvalue weighted by Gasteiger charge is -2.05. The fraction of sp³-hybridized carbons (Fsp3) is 0.154. The number of pyridine rings is 1. The number of halogens is 1. The average molecular weight is 217 g/mol. The van der Waals surface area contributed by atoms with Crippen LogP contribution in [0.2, 0.25) is 0 Å². The summed E-state index contributed by atoms with van der Waals surface area (Å²) < 4.78 is 14.7. The van der Waals surface area contributed by atoms with Crippen LogP contribution >= 0.6 is 0 Å². The summed E-state index contributed by atoms with van der Waals surface area (Å²) >= 11 is 0. The first-order valence-corrected chi connectivity index (χ1v) is 5.17. The molecule has 2 aromatic rings. The van der Waals surface area contributed by atoms with Crippen molar-refractivity contribution in [2.24, 2.45) is 0 Å². The van der Waals surface area contributed by atoms with E-state index in [9.17, 15) is 9.18 Å². The van der Waals surface area contributed by atoms with E-state index in [0.717, 1.165) is 0 Å². The number of benzene rings is 1. The van der Waals surface area contributed by atoms with Crippen LogP contribution < -0.4 is 5.56 Å². The number of aromatic nitrogens is 1. The van der Waals surface area contributed by atoms with Gasteiger partial charge < -0.3 is 4.57 Å². The van der Waals surface area contributed by atoms with E-state index in [1.54, 1.807) is 35.0 Å². The zero-order valence-electron chi connectivity index (χ0n) is 8.98. The molecule has 0 unspecified atom stereocenters. The molecule has 0 aliphatic rings. The van der Waals surface area contributed by atoms with Gasteiger partial charge >= 0.3 is 0 Å². The first-order valence-electron chi connectivity index (χ1n) is 5.17. The molecule has 0 fully saturated rings. The van der Waals surface area contributed by atoms with Crippen molar-refractivity contribution >= 4 is 0 Å². The molecule has 1 aromatic heterocycles. The fourth-order valence-electron chi connectivity index (χ4n) is 1.66. The third kappa shape index (κ3) is 1.89. The van der Waals surface area contributed by atoms with Gasteiger partial charge in [0, 0.05) is 18.3 Å². The molecule has 82 valence electrons. The summed E-state index contributed by atoms with van der Waals surface area (Å²) in [6.45, 7) is 2.51. The molecule has 0 saturated carbocycles. The van der Waals surface area contributed by atoms with E-state index >= 15 is 0 Å². The van der Waals surface area contributed by atoms with Crippen molar-refractivity contribution in [1.29, 1.82) is 0 Å². The van der Waals surface area contributed by atoms with Crippen LogP contribution in [-0.2, 0) is 6.54 Å². The molecule has 0 bridgehead atoms. The van der Waals surface area contributed by atoms with Gasteiger partial charge in [-0.1, -0.05) is 12.1 Å². The van der Waals surface area contributed by atoms with Gasteiger partial charge in [0.15, 0.2) is 0 Å². The fourth-order valence-corrected chi connectivity index (χ4v) is 1.66. The molecular formula is C13H12FNO. The van der Waals surface area contributed by atoms with Crippen LogP contribution in [0.15, 0.2) is 47.4 Å². The summed E-state index contributed by atoms with van der Waals surface area (Å²) in [6, 6.07) is 9.59. The zero-order chi connectivity index (χ0) is 11.5. The SMILES string of the molecule is CCn1cccc(-c2cccc(F)c2)c1=O. The van der Waals surface area contributed by atoms with Gasteiger partial charge in [-0.2, -0.15) is 0 Å². The van der Waals surface area contributed by atoms with E-state index in [1.165, 1.54) is 12.1 Å². The van der Waals surface area contributed by atoms with Crippen LogP contribution in [-0.4, -0.2) is 4.57 Å². The van der Waals surface area contributed by atoms with E-state index < -0.39 is 0 Å². The molecule has 2 rings (SSSR count). The Morgan fingerprint density at radius 1 is 1.25 bits per heavy atom. The summed E-state index contributed by atoms with van der Waals surface area (Å²) in [4.78, 5) is 12.0. The topological polar surface area (TPSA) is 22.0 Å². The third-order valence-corrected chi connectivity index (χ3v) is 2.50. The maximum Gasteiger partial charge on any atom is 0.258 e. The molecule has 0 aliphatic heterocycles. The average Bonchev–Trinajstić information content (AvgIpc) is 2.29. The van der Waals surface area contributed by atoms with Gasteiger partial charge in [-0.15, -0.1) is 0 Å². The van der Waals surface area contributed by atoms with Gasteiger partial charge in [0.25, 0.3) is 5.56 Å². The van der Waals surface area contributed by atoms with Gasteiger partial charge in [0.05, 0.1) is 0 Å². The Kier molecular flexibility index (Phi) is 2.86. The van der Waals surface area contributed by atoms with Crippen molar-refractivity contribution in [2.75, 3.05) is 0 Å². The standard InChI is InChI=1S/C13H12FNO/c1-2-15-8-4-7-12(13(15)16)10-5-3-6-11(14)9-10/h3-9H,2H2,1H3. The third-order valence-electron chi connectivity index (χ3n) is 2.50. The molecular weight excluding hydrogens is 205 g/mol. The van der Waals surface area contributed by atoms with E-state index in [4.69, 9.17) is 0 Å². The Hall–Kier alpha value is -1.90. The second-order valence-electron chi connectivity index (χ2n) is 3.52. The maximum absolute atomic E-state index is 13.1. The molecule has 0 atom stereocenters. The molecule has 0 saturated heterocycles. The second-order valence-corrected chi connectivity index (χ2v) is 3.52. The summed E-state index contributed by atoms with van der Waals surface area (Å²) in [5, 5.41) is 0. The Labute approximate surface area is 93.0 Å². The van der Waals surface area contributed by atoms with Crippen LogP contribution in [0, 0.1) is 5.82 Å². The van der Waals surface area contributed by atoms with E-state index in [2.05, 4.69) is 0 Å². The van der Waals surface area contributed by atoms with Crippen LogP contribution in [0.25, 0.3) is 11.1 Å². The Balaban J connectivity index is 2.61. The van der Waals surface area contributed by atoms with Gasteiger partial charge in [-0.25, -0.2) is 4.39 Å². The lowest BCUT2D eigenvalue weighted by molar-refractivity contribution is 0.628. The normalized spacial score (nSPS) is 10.4. The van der Waals surface area contributed by atoms with E-state index in [0.29, 0.717) is 17.7 Å². The summed E-state index contributed by atoms with van der Waals surface area (Å²) in [6.07, 6.45) is 1.73. The van der Waals surface area contributed by atoms with Gasteiger partial charge in [-0.05, 0) is 36.8 Å². The number of hydrogen-bond donors (Lipinski definition) is 0. The zero-order valence-corrected chi connectivity index (χ0v) is 8.98. The Bertz CT molecular complexity index is 560. The van der Waals surface area contributed by atoms with Crippen LogP contribution in [0.5, 0.6) is 0 Å². The monoisotopic (exact) mass is 217 g/mol. The van der Waals surface area contributed by atoms with Crippen molar-refractivity contribution in [1.82, 2.24) is 4.57 Å². The minimum atomic E-state index is -0.330. The quantitative estimate of drug-likeness (QED) is 0.758. The predicted octanol–water partition coefficient (Wildman–Crippen LogP) is 2.67. The molecule has 0 spiro atoms. The van der Waals surface area contributed by atoms with Crippen molar-refractivity contribution in [2.45, 2.75) is 13.5 Å². The van der Waals surface area contributed by atoms with Crippen molar-refractivity contribution in [3.8, 4) is 11.1 Å². The molecule has 0 radical (unpaired) electrons. The molecule has 16 heavy (non-hydrogen) atoms. The Morgan fingerprint density at radius 3 is 2.75 bits per heavy atom. The highest BCUT2D eigenvalue weighted by atomic mass is 19.1. The van der Waals surface area contributed by atoms with Gasteiger partial charge in [-0.3, -0.25) is 4.79 Å². The van der Waals surface area contributed by atoms with Crippen LogP contribution in [0.1, 0.15) is 6.92 Å². The molecule has 0 aliphatic carbocycles. The Morgan fingerprint density at radius 2 is 2.06 bits per heavy atom. The highest BCUT2D eigenvalue weighted by molar-refractivity contribution is 5.62. The minimum Gasteiger partial charge on any atom is -0.315 e. The van der Waals surface area contributed by atoms with Gasteiger partial charge in [0.1, 0.15) is 5.82 Å². The highest BCUT2D eigenvalue weighted by Crippen LogP contribution is 2.15. The number of nitrogens with zero attached hydrogens (tertiary/aromatic N) is 1. The number of rotatable bonds is 2. The molecule has 1 heterocycles. The lowest BCUT2D eigenvalue weighted by Crippen LogP contribution is -2.19. The van der Waals surface area contributed by atoms with Crippen LogP contribution in [0.3, 0.4) is 0 Å².